The lowest BCUT2D eigenvalue weighted by molar-refractivity contribution is 0.770. The highest BCUT2D eigenvalue weighted by molar-refractivity contribution is 5.66. The molecule has 0 fully saturated rings. The summed E-state index contributed by atoms with van der Waals surface area (Å²) in [5, 5.41) is 13.2. The lowest BCUT2D eigenvalue weighted by Gasteiger charge is -1.97. The highest BCUT2D eigenvalue weighted by atomic mass is 15.2. The zero-order valence-electron chi connectivity index (χ0n) is 8.73. The van der Waals surface area contributed by atoms with Crippen molar-refractivity contribution in [3.05, 3.63) is 41.6 Å². The molecular formula is C12H11N3. The molecule has 3 heteroatoms. The standard InChI is InChI=1S/C12H11N3/c1-9-3-5-10(6-4-9)12-11(7-13)8-15(2)14-12/h3-6,8H,1-2H3. The molecule has 0 aliphatic rings. The van der Waals surface area contributed by atoms with Gasteiger partial charge in [-0.1, -0.05) is 29.8 Å². The number of benzene rings is 1. The van der Waals surface area contributed by atoms with Gasteiger partial charge in [-0.3, -0.25) is 4.68 Å². The molecule has 0 amide bonds. The quantitative estimate of drug-likeness (QED) is 0.703. The summed E-state index contributed by atoms with van der Waals surface area (Å²) in [7, 11) is 1.82. The smallest absolute Gasteiger partial charge is 0.110 e. The molecule has 15 heavy (non-hydrogen) atoms. The maximum atomic E-state index is 8.94. The van der Waals surface area contributed by atoms with E-state index in [1.807, 2.05) is 38.2 Å². The first-order valence-corrected chi connectivity index (χ1v) is 4.71. The van der Waals surface area contributed by atoms with Crippen molar-refractivity contribution in [2.45, 2.75) is 6.92 Å². The molecule has 2 rings (SSSR count). The van der Waals surface area contributed by atoms with E-state index < -0.39 is 0 Å². The second-order valence-corrected chi connectivity index (χ2v) is 3.54. The van der Waals surface area contributed by atoms with Crippen LogP contribution in [0.3, 0.4) is 0 Å². The fraction of sp³-hybridized carbons (Fsp3) is 0.167. The molecule has 74 valence electrons. The number of hydrogen-bond donors (Lipinski definition) is 0. The normalized spacial score (nSPS) is 9.93. The minimum absolute atomic E-state index is 0.612. The summed E-state index contributed by atoms with van der Waals surface area (Å²) >= 11 is 0. The van der Waals surface area contributed by atoms with Gasteiger partial charge >= 0.3 is 0 Å². The molecule has 0 saturated carbocycles. The van der Waals surface area contributed by atoms with Crippen molar-refractivity contribution in [1.29, 1.82) is 5.26 Å². The summed E-state index contributed by atoms with van der Waals surface area (Å²) < 4.78 is 1.66. The molecule has 0 bridgehead atoms. The number of nitrogens with zero attached hydrogens (tertiary/aromatic N) is 3. The first-order valence-electron chi connectivity index (χ1n) is 4.71. The third-order valence-corrected chi connectivity index (χ3v) is 2.27. The van der Waals surface area contributed by atoms with E-state index in [4.69, 9.17) is 5.26 Å². The Morgan fingerprint density at radius 3 is 2.53 bits per heavy atom. The minimum atomic E-state index is 0.612. The maximum absolute atomic E-state index is 8.94. The van der Waals surface area contributed by atoms with Crippen LogP contribution < -0.4 is 0 Å². The van der Waals surface area contributed by atoms with E-state index in [-0.39, 0.29) is 0 Å². The fourth-order valence-corrected chi connectivity index (χ4v) is 1.49. The number of nitriles is 1. The summed E-state index contributed by atoms with van der Waals surface area (Å²) in [6.07, 6.45) is 1.73. The fourth-order valence-electron chi connectivity index (χ4n) is 1.49. The summed E-state index contributed by atoms with van der Waals surface area (Å²) in [6, 6.07) is 10.2. The third kappa shape index (κ3) is 1.75. The van der Waals surface area contributed by atoms with E-state index in [2.05, 4.69) is 11.2 Å². The van der Waals surface area contributed by atoms with Crippen LogP contribution in [0.5, 0.6) is 0 Å². The molecule has 3 nitrogen and oxygen atoms in total. The van der Waals surface area contributed by atoms with Crippen molar-refractivity contribution in [2.24, 2.45) is 7.05 Å². The van der Waals surface area contributed by atoms with Gasteiger partial charge in [0.1, 0.15) is 11.8 Å². The van der Waals surface area contributed by atoms with Crippen LogP contribution in [0.2, 0.25) is 0 Å². The van der Waals surface area contributed by atoms with Gasteiger partial charge in [0.25, 0.3) is 0 Å². The summed E-state index contributed by atoms with van der Waals surface area (Å²) in [4.78, 5) is 0. The van der Waals surface area contributed by atoms with E-state index in [0.29, 0.717) is 5.56 Å². The van der Waals surface area contributed by atoms with Gasteiger partial charge in [-0.2, -0.15) is 10.4 Å². The van der Waals surface area contributed by atoms with Crippen LogP contribution >= 0.6 is 0 Å². The van der Waals surface area contributed by atoms with Gasteiger partial charge in [0.2, 0.25) is 0 Å². The van der Waals surface area contributed by atoms with E-state index in [9.17, 15) is 0 Å². The Balaban J connectivity index is 2.54. The predicted molar refractivity (Wildman–Crippen MR) is 58.1 cm³/mol. The van der Waals surface area contributed by atoms with E-state index in [1.165, 1.54) is 5.56 Å². The molecule has 2 aromatic rings. The van der Waals surface area contributed by atoms with Crippen LogP contribution in [0.1, 0.15) is 11.1 Å². The molecular weight excluding hydrogens is 186 g/mol. The average molecular weight is 197 g/mol. The lowest BCUT2D eigenvalue weighted by atomic mass is 10.1. The van der Waals surface area contributed by atoms with Crippen molar-refractivity contribution in [3.63, 3.8) is 0 Å². The Hall–Kier alpha value is -2.08. The van der Waals surface area contributed by atoms with Crippen molar-refractivity contribution >= 4 is 0 Å². The summed E-state index contributed by atoms with van der Waals surface area (Å²) in [6.45, 7) is 2.04. The molecule has 0 N–H and O–H groups in total. The minimum Gasteiger partial charge on any atom is -0.274 e. The molecule has 1 aromatic heterocycles. The Morgan fingerprint density at radius 1 is 1.27 bits per heavy atom. The topological polar surface area (TPSA) is 41.6 Å². The highest BCUT2D eigenvalue weighted by Crippen LogP contribution is 2.21. The third-order valence-electron chi connectivity index (χ3n) is 2.27. The van der Waals surface area contributed by atoms with Crippen molar-refractivity contribution in [3.8, 4) is 17.3 Å². The number of aryl methyl sites for hydroxylation is 2. The Kier molecular flexibility index (Phi) is 2.26. The molecule has 1 aromatic carbocycles. The van der Waals surface area contributed by atoms with E-state index >= 15 is 0 Å². The van der Waals surface area contributed by atoms with Crippen LogP contribution in [0.15, 0.2) is 30.5 Å². The highest BCUT2D eigenvalue weighted by Gasteiger charge is 2.08. The van der Waals surface area contributed by atoms with Crippen LogP contribution in [0, 0.1) is 18.3 Å². The number of hydrogen-bond acceptors (Lipinski definition) is 2. The van der Waals surface area contributed by atoms with Crippen molar-refractivity contribution in [1.82, 2.24) is 9.78 Å². The van der Waals surface area contributed by atoms with Gasteiger partial charge in [-0.15, -0.1) is 0 Å². The summed E-state index contributed by atoms with van der Waals surface area (Å²) in [5.41, 5.74) is 3.55. The number of rotatable bonds is 1. The average Bonchev–Trinajstić information content (AvgIpc) is 2.61. The van der Waals surface area contributed by atoms with Crippen molar-refractivity contribution < 1.29 is 0 Å². The monoisotopic (exact) mass is 197 g/mol. The van der Waals surface area contributed by atoms with E-state index in [1.54, 1.807) is 10.9 Å². The van der Waals surface area contributed by atoms with Gasteiger partial charge in [-0.05, 0) is 6.92 Å². The van der Waals surface area contributed by atoms with Crippen LogP contribution in [0.25, 0.3) is 11.3 Å². The van der Waals surface area contributed by atoms with Crippen LogP contribution in [-0.2, 0) is 7.05 Å². The Bertz CT molecular complexity index is 515. The van der Waals surface area contributed by atoms with Crippen LogP contribution in [0.4, 0.5) is 0 Å². The molecule has 0 atom stereocenters. The first kappa shape index (κ1) is 9.47. The Morgan fingerprint density at radius 2 is 1.93 bits per heavy atom. The summed E-state index contributed by atoms with van der Waals surface area (Å²) in [5.74, 6) is 0. The molecule has 0 spiro atoms. The molecule has 0 saturated heterocycles. The predicted octanol–water partition coefficient (Wildman–Crippen LogP) is 2.27. The largest absolute Gasteiger partial charge is 0.274 e. The molecule has 0 aliphatic carbocycles. The van der Waals surface area contributed by atoms with Crippen molar-refractivity contribution in [2.75, 3.05) is 0 Å². The van der Waals surface area contributed by atoms with Gasteiger partial charge < -0.3 is 0 Å². The zero-order chi connectivity index (χ0) is 10.8. The second kappa shape index (κ2) is 3.58. The second-order valence-electron chi connectivity index (χ2n) is 3.54. The molecule has 1 heterocycles. The van der Waals surface area contributed by atoms with Gasteiger partial charge in [0.05, 0.1) is 5.56 Å². The van der Waals surface area contributed by atoms with Gasteiger partial charge in [0.15, 0.2) is 0 Å². The van der Waals surface area contributed by atoms with E-state index in [0.717, 1.165) is 11.3 Å². The molecule has 0 aliphatic heterocycles. The molecule has 0 radical (unpaired) electrons. The first-order chi connectivity index (χ1) is 7.20. The van der Waals surface area contributed by atoms with Gasteiger partial charge in [-0.25, -0.2) is 0 Å². The molecule has 0 unspecified atom stereocenters. The van der Waals surface area contributed by atoms with Gasteiger partial charge in [0, 0.05) is 18.8 Å². The lowest BCUT2D eigenvalue weighted by Crippen LogP contribution is -1.87. The maximum Gasteiger partial charge on any atom is 0.110 e. The Labute approximate surface area is 88.6 Å². The number of aromatic nitrogens is 2. The van der Waals surface area contributed by atoms with Crippen LogP contribution in [-0.4, -0.2) is 9.78 Å². The SMILES string of the molecule is Cc1ccc(-c2nn(C)cc2C#N)cc1. The zero-order valence-corrected chi connectivity index (χ0v) is 8.73.